The topological polar surface area (TPSA) is 17.1 Å². The molecule has 0 heterocycles. The van der Waals surface area contributed by atoms with Crippen LogP contribution >= 0.6 is 27.5 Å². The smallest absolute Gasteiger partial charge is 0.298 e. The van der Waals surface area contributed by atoms with E-state index >= 15 is 0 Å². The van der Waals surface area contributed by atoms with Gasteiger partial charge in [0.2, 0.25) is 0 Å². The summed E-state index contributed by atoms with van der Waals surface area (Å²) >= 11 is 8.26. The van der Waals surface area contributed by atoms with E-state index in [1.165, 1.54) is 6.07 Å². The van der Waals surface area contributed by atoms with Crippen molar-refractivity contribution in [3.63, 3.8) is 0 Å². The van der Waals surface area contributed by atoms with Gasteiger partial charge in [0.05, 0.1) is 10.6 Å². The van der Waals surface area contributed by atoms with Crippen molar-refractivity contribution >= 4 is 33.8 Å². The number of hydrogen-bond donors (Lipinski definition) is 0. The molecule has 0 aliphatic heterocycles. The Morgan fingerprint density at radius 2 is 1.93 bits per heavy atom. The second-order valence-electron chi connectivity index (χ2n) is 2.47. The van der Waals surface area contributed by atoms with Crippen molar-refractivity contribution in [2.24, 2.45) is 0 Å². The van der Waals surface area contributed by atoms with E-state index in [1.54, 1.807) is 0 Å². The lowest BCUT2D eigenvalue weighted by molar-refractivity contribution is -0.137. The van der Waals surface area contributed by atoms with Crippen molar-refractivity contribution in [2.45, 2.75) is 6.18 Å². The van der Waals surface area contributed by atoms with E-state index < -0.39 is 16.8 Å². The van der Waals surface area contributed by atoms with E-state index in [2.05, 4.69) is 15.9 Å². The molecular formula is C8H3BrClF3O. The van der Waals surface area contributed by atoms with Crippen LogP contribution in [0, 0.1) is 0 Å². The highest BCUT2D eigenvalue weighted by Gasteiger charge is 2.34. The summed E-state index contributed by atoms with van der Waals surface area (Å²) in [6.45, 7) is 0. The predicted molar refractivity (Wildman–Crippen MR) is 49.5 cm³/mol. The average Bonchev–Trinajstić information content (AvgIpc) is 2.06. The maximum absolute atomic E-state index is 12.3. The largest absolute Gasteiger partial charge is 0.417 e. The molecule has 0 spiro atoms. The van der Waals surface area contributed by atoms with Gasteiger partial charge >= 0.3 is 6.18 Å². The number of rotatable bonds is 1. The molecule has 0 bridgehead atoms. The normalized spacial score (nSPS) is 11.5. The van der Waals surface area contributed by atoms with Crippen LogP contribution in [0.3, 0.4) is 0 Å². The molecule has 0 saturated heterocycles. The number of alkyl halides is 3. The Kier molecular flexibility index (Phi) is 3.21. The standard InChI is InChI=1S/C8H3BrClF3O/c9-5-1-4(3-14)7(10)6(2-5)8(11,12)13/h1-3H. The molecule has 0 unspecified atom stereocenters. The van der Waals surface area contributed by atoms with Crippen LogP contribution in [-0.2, 0) is 6.18 Å². The Bertz CT molecular complexity index is 376. The fourth-order valence-corrected chi connectivity index (χ4v) is 1.64. The summed E-state index contributed by atoms with van der Waals surface area (Å²) in [5.74, 6) is 0. The highest BCUT2D eigenvalue weighted by molar-refractivity contribution is 9.10. The summed E-state index contributed by atoms with van der Waals surface area (Å²) in [6.07, 6.45) is -4.28. The number of benzene rings is 1. The van der Waals surface area contributed by atoms with E-state index in [4.69, 9.17) is 11.6 Å². The SMILES string of the molecule is O=Cc1cc(Br)cc(C(F)(F)F)c1Cl. The Labute approximate surface area is 91.0 Å². The first kappa shape index (κ1) is 11.5. The summed E-state index contributed by atoms with van der Waals surface area (Å²) < 4.78 is 37.1. The van der Waals surface area contributed by atoms with Gasteiger partial charge in [0.25, 0.3) is 0 Å². The van der Waals surface area contributed by atoms with Crippen molar-refractivity contribution < 1.29 is 18.0 Å². The van der Waals surface area contributed by atoms with E-state index in [9.17, 15) is 18.0 Å². The van der Waals surface area contributed by atoms with E-state index in [0.29, 0.717) is 0 Å². The zero-order valence-electron chi connectivity index (χ0n) is 6.53. The van der Waals surface area contributed by atoms with E-state index in [-0.39, 0.29) is 16.3 Å². The first-order valence-electron chi connectivity index (χ1n) is 3.37. The zero-order valence-corrected chi connectivity index (χ0v) is 8.87. The third-order valence-electron chi connectivity index (χ3n) is 1.50. The quantitative estimate of drug-likeness (QED) is 0.715. The molecule has 0 aliphatic rings. The molecule has 76 valence electrons. The van der Waals surface area contributed by atoms with Crippen molar-refractivity contribution in [1.82, 2.24) is 0 Å². The van der Waals surface area contributed by atoms with Gasteiger partial charge in [0, 0.05) is 10.0 Å². The van der Waals surface area contributed by atoms with Crippen LogP contribution in [0.5, 0.6) is 0 Å². The Hall–Kier alpha value is -0.550. The summed E-state index contributed by atoms with van der Waals surface area (Å²) in [7, 11) is 0. The molecule has 0 saturated carbocycles. The second kappa shape index (κ2) is 3.90. The monoisotopic (exact) mass is 286 g/mol. The maximum Gasteiger partial charge on any atom is 0.417 e. The third-order valence-corrected chi connectivity index (χ3v) is 2.38. The molecule has 0 aromatic heterocycles. The Morgan fingerprint density at radius 1 is 1.36 bits per heavy atom. The van der Waals surface area contributed by atoms with Gasteiger partial charge < -0.3 is 0 Å². The van der Waals surface area contributed by atoms with E-state index in [0.717, 1.165) is 6.07 Å². The highest BCUT2D eigenvalue weighted by atomic mass is 79.9. The summed E-state index contributed by atoms with van der Waals surface area (Å²) in [6, 6.07) is 2.06. The lowest BCUT2D eigenvalue weighted by Gasteiger charge is -2.10. The van der Waals surface area contributed by atoms with Crippen LogP contribution in [0.15, 0.2) is 16.6 Å². The molecule has 0 N–H and O–H groups in total. The minimum Gasteiger partial charge on any atom is -0.298 e. The summed E-state index contributed by atoms with van der Waals surface area (Å²) in [4.78, 5) is 10.4. The van der Waals surface area contributed by atoms with Crippen LogP contribution in [0.1, 0.15) is 15.9 Å². The van der Waals surface area contributed by atoms with Crippen molar-refractivity contribution in [1.29, 1.82) is 0 Å². The molecule has 0 amide bonds. The van der Waals surface area contributed by atoms with Gasteiger partial charge in [-0.25, -0.2) is 0 Å². The molecule has 14 heavy (non-hydrogen) atoms. The van der Waals surface area contributed by atoms with Gasteiger partial charge in [0.15, 0.2) is 6.29 Å². The van der Waals surface area contributed by atoms with Gasteiger partial charge in [-0.2, -0.15) is 13.2 Å². The zero-order chi connectivity index (χ0) is 10.9. The van der Waals surface area contributed by atoms with Crippen LogP contribution < -0.4 is 0 Å². The van der Waals surface area contributed by atoms with Crippen molar-refractivity contribution in [3.8, 4) is 0 Å². The molecule has 0 aliphatic carbocycles. The molecule has 1 aromatic rings. The van der Waals surface area contributed by atoms with Crippen molar-refractivity contribution in [2.75, 3.05) is 0 Å². The minimum atomic E-state index is -4.56. The fourth-order valence-electron chi connectivity index (χ4n) is 0.902. The van der Waals surface area contributed by atoms with Gasteiger partial charge in [-0.3, -0.25) is 4.79 Å². The van der Waals surface area contributed by atoms with Gasteiger partial charge in [-0.1, -0.05) is 27.5 Å². The van der Waals surface area contributed by atoms with Crippen molar-refractivity contribution in [3.05, 3.63) is 32.8 Å². The van der Waals surface area contributed by atoms with Crippen LogP contribution in [0.4, 0.5) is 13.2 Å². The summed E-state index contributed by atoms with van der Waals surface area (Å²) in [5, 5.41) is -0.573. The average molecular weight is 287 g/mol. The Morgan fingerprint density at radius 3 is 2.36 bits per heavy atom. The molecule has 0 fully saturated rings. The molecule has 1 nitrogen and oxygen atoms in total. The number of carbonyl (C=O) groups is 1. The molecule has 6 heteroatoms. The number of halogens is 5. The van der Waals surface area contributed by atoms with Gasteiger partial charge in [0.1, 0.15) is 0 Å². The summed E-state index contributed by atoms with van der Waals surface area (Å²) in [5.41, 5.74) is -1.20. The molecule has 1 aromatic carbocycles. The Balaban J connectivity index is 3.44. The molecular weight excluding hydrogens is 284 g/mol. The van der Waals surface area contributed by atoms with Crippen LogP contribution in [0.2, 0.25) is 5.02 Å². The highest BCUT2D eigenvalue weighted by Crippen LogP contribution is 2.37. The first-order valence-corrected chi connectivity index (χ1v) is 4.54. The predicted octanol–water partition coefficient (Wildman–Crippen LogP) is 3.93. The van der Waals surface area contributed by atoms with Gasteiger partial charge in [-0.15, -0.1) is 0 Å². The number of hydrogen-bond acceptors (Lipinski definition) is 1. The van der Waals surface area contributed by atoms with Crippen LogP contribution in [0.25, 0.3) is 0 Å². The molecule has 0 radical (unpaired) electrons. The lowest BCUT2D eigenvalue weighted by Crippen LogP contribution is -2.07. The molecule has 0 atom stereocenters. The number of carbonyl (C=O) groups excluding carboxylic acids is 1. The van der Waals surface area contributed by atoms with Crippen LogP contribution in [-0.4, -0.2) is 6.29 Å². The second-order valence-corrected chi connectivity index (χ2v) is 3.77. The third kappa shape index (κ3) is 2.27. The maximum atomic E-state index is 12.3. The lowest BCUT2D eigenvalue weighted by atomic mass is 10.1. The number of aldehydes is 1. The van der Waals surface area contributed by atoms with Gasteiger partial charge in [-0.05, 0) is 12.1 Å². The minimum absolute atomic E-state index is 0.163. The first-order chi connectivity index (χ1) is 6.36. The van der Waals surface area contributed by atoms with E-state index in [1.807, 2.05) is 0 Å². The fraction of sp³-hybridized carbons (Fsp3) is 0.125. The molecule has 1 rings (SSSR count).